The Morgan fingerprint density at radius 2 is 2.35 bits per heavy atom. The molecule has 1 saturated heterocycles. The number of hydrogen-bond acceptors (Lipinski definition) is 4. The van der Waals surface area contributed by atoms with Crippen molar-refractivity contribution in [2.45, 2.75) is 25.5 Å². The monoisotopic (exact) mass is 237 g/mol. The third-order valence-corrected chi connectivity index (χ3v) is 2.90. The van der Waals surface area contributed by atoms with Crippen LogP contribution >= 0.6 is 0 Å². The van der Waals surface area contributed by atoms with Crippen LogP contribution in [0.3, 0.4) is 0 Å². The molecule has 0 bridgehead atoms. The Kier molecular flexibility index (Phi) is 4.23. The molecule has 4 nitrogen and oxygen atoms in total. The van der Waals surface area contributed by atoms with E-state index in [0.29, 0.717) is 13.2 Å². The van der Waals surface area contributed by atoms with Crippen molar-refractivity contribution in [3.8, 4) is 11.5 Å². The molecule has 1 atom stereocenters. The average Bonchev–Trinajstić information content (AvgIpc) is 2.40. The first kappa shape index (κ1) is 12.2. The van der Waals surface area contributed by atoms with E-state index < -0.39 is 0 Å². The van der Waals surface area contributed by atoms with Crippen LogP contribution in [0.4, 0.5) is 0 Å². The number of benzene rings is 1. The SMILES string of the molecule is COc1ccc(OC2CCCOC2)c(CN)c1. The van der Waals surface area contributed by atoms with Gasteiger partial charge in [-0.05, 0) is 31.0 Å². The quantitative estimate of drug-likeness (QED) is 0.866. The van der Waals surface area contributed by atoms with Crippen molar-refractivity contribution >= 4 is 0 Å². The van der Waals surface area contributed by atoms with E-state index >= 15 is 0 Å². The molecule has 0 spiro atoms. The lowest BCUT2D eigenvalue weighted by Crippen LogP contribution is -2.28. The van der Waals surface area contributed by atoms with Gasteiger partial charge in [0.05, 0.1) is 13.7 Å². The van der Waals surface area contributed by atoms with Crippen LogP contribution in [0, 0.1) is 0 Å². The van der Waals surface area contributed by atoms with Gasteiger partial charge in [0, 0.05) is 18.7 Å². The number of ether oxygens (including phenoxy) is 3. The lowest BCUT2D eigenvalue weighted by atomic mass is 10.1. The first-order chi connectivity index (χ1) is 8.33. The third-order valence-electron chi connectivity index (χ3n) is 2.90. The summed E-state index contributed by atoms with van der Waals surface area (Å²) in [6, 6.07) is 5.72. The molecule has 1 fully saturated rings. The minimum atomic E-state index is 0.141. The van der Waals surface area contributed by atoms with Crippen molar-refractivity contribution < 1.29 is 14.2 Å². The van der Waals surface area contributed by atoms with Crippen LogP contribution in [0.5, 0.6) is 11.5 Å². The molecule has 1 aliphatic rings. The Morgan fingerprint density at radius 1 is 1.47 bits per heavy atom. The predicted molar refractivity (Wildman–Crippen MR) is 65.4 cm³/mol. The molecule has 2 N–H and O–H groups in total. The number of methoxy groups -OCH3 is 1. The molecule has 0 saturated carbocycles. The Labute approximate surface area is 102 Å². The number of rotatable bonds is 4. The van der Waals surface area contributed by atoms with E-state index in [2.05, 4.69) is 0 Å². The summed E-state index contributed by atoms with van der Waals surface area (Å²) in [6.45, 7) is 1.95. The summed E-state index contributed by atoms with van der Waals surface area (Å²) in [5.74, 6) is 1.64. The molecule has 1 unspecified atom stereocenters. The zero-order chi connectivity index (χ0) is 12.1. The molecule has 1 aromatic rings. The maximum absolute atomic E-state index is 5.92. The molecule has 0 aromatic heterocycles. The molecule has 4 heteroatoms. The van der Waals surface area contributed by atoms with Gasteiger partial charge in [0.2, 0.25) is 0 Å². The van der Waals surface area contributed by atoms with E-state index in [-0.39, 0.29) is 6.10 Å². The highest BCUT2D eigenvalue weighted by atomic mass is 16.5. The Bertz CT molecular complexity index is 362. The van der Waals surface area contributed by atoms with Crippen molar-refractivity contribution in [1.82, 2.24) is 0 Å². The zero-order valence-electron chi connectivity index (χ0n) is 10.1. The van der Waals surface area contributed by atoms with Crippen molar-refractivity contribution in [2.75, 3.05) is 20.3 Å². The molecule has 17 heavy (non-hydrogen) atoms. The molecule has 94 valence electrons. The minimum absolute atomic E-state index is 0.141. The van der Waals surface area contributed by atoms with Gasteiger partial charge in [-0.25, -0.2) is 0 Å². The maximum atomic E-state index is 5.92. The molecule has 0 radical (unpaired) electrons. The van der Waals surface area contributed by atoms with Gasteiger partial charge in [-0.3, -0.25) is 0 Å². The van der Waals surface area contributed by atoms with E-state index in [0.717, 1.165) is 36.5 Å². The second kappa shape index (κ2) is 5.89. The zero-order valence-corrected chi connectivity index (χ0v) is 10.1. The summed E-state index contributed by atoms with van der Waals surface area (Å²) >= 11 is 0. The maximum Gasteiger partial charge on any atom is 0.124 e. The van der Waals surface area contributed by atoms with Gasteiger partial charge >= 0.3 is 0 Å². The highest BCUT2D eigenvalue weighted by molar-refractivity contribution is 5.40. The highest BCUT2D eigenvalue weighted by Crippen LogP contribution is 2.26. The summed E-state index contributed by atoms with van der Waals surface area (Å²) in [5, 5.41) is 0. The summed E-state index contributed by atoms with van der Waals surface area (Å²) in [5.41, 5.74) is 6.68. The molecule has 1 aliphatic heterocycles. The van der Waals surface area contributed by atoms with Crippen LogP contribution in [0.15, 0.2) is 18.2 Å². The fourth-order valence-electron chi connectivity index (χ4n) is 1.94. The van der Waals surface area contributed by atoms with Gasteiger partial charge in [0.15, 0.2) is 0 Å². The second-order valence-corrected chi connectivity index (χ2v) is 4.13. The van der Waals surface area contributed by atoms with Crippen LogP contribution < -0.4 is 15.2 Å². The Balaban J connectivity index is 2.08. The first-order valence-corrected chi connectivity index (χ1v) is 5.95. The van der Waals surface area contributed by atoms with Crippen LogP contribution in [-0.2, 0) is 11.3 Å². The lowest BCUT2D eigenvalue weighted by Gasteiger charge is -2.24. The first-order valence-electron chi connectivity index (χ1n) is 5.95. The van der Waals surface area contributed by atoms with Gasteiger partial charge in [0.1, 0.15) is 17.6 Å². The third kappa shape index (κ3) is 3.11. The van der Waals surface area contributed by atoms with Crippen LogP contribution in [0.1, 0.15) is 18.4 Å². The molecule has 0 aliphatic carbocycles. The fourth-order valence-corrected chi connectivity index (χ4v) is 1.94. The summed E-state index contributed by atoms with van der Waals surface area (Å²) in [7, 11) is 1.64. The molecule has 2 rings (SSSR count). The van der Waals surface area contributed by atoms with Gasteiger partial charge in [-0.15, -0.1) is 0 Å². The van der Waals surface area contributed by atoms with Crippen molar-refractivity contribution in [3.05, 3.63) is 23.8 Å². The van der Waals surface area contributed by atoms with E-state index in [4.69, 9.17) is 19.9 Å². The number of nitrogens with two attached hydrogens (primary N) is 1. The fraction of sp³-hybridized carbons (Fsp3) is 0.538. The van der Waals surface area contributed by atoms with Crippen molar-refractivity contribution in [3.63, 3.8) is 0 Å². The lowest BCUT2D eigenvalue weighted by molar-refractivity contribution is 0.00703. The van der Waals surface area contributed by atoms with Gasteiger partial charge in [0.25, 0.3) is 0 Å². The van der Waals surface area contributed by atoms with E-state index in [1.54, 1.807) is 7.11 Å². The average molecular weight is 237 g/mol. The summed E-state index contributed by atoms with van der Waals surface area (Å²) in [6.07, 6.45) is 2.23. The molecule has 1 aromatic carbocycles. The van der Waals surface area contributed by atoms with Crippen LogP contribution in [0.2, 0.25) is 0 Å². The standard InChI is InChI=1S/C13H19NO3/c1-15-11-4-5-13(10(7-11)8-14)17-12-3-2-6-16-9-12/h4-5,7,12H,2-3,6,8-9,14H2,1H3. The Morgan fingerprint density at radius 3 is 3.00 bits per heavy atom. The minimum Gasteiger partial charge on any atom is -0.497 e. The number of hydrogen-bond donors (Lipinski definition) is 1. The molecule has 0 amide bonds. The topological polar surface area (TPSA) is 53.7 Å². The predicted octanol–water partition coefficient (Wildman–Crippen LogP) is 1.71. The van der Waals surface area contributed by atoms with Gasteiger partial charge < -0.3 is 19.9 Å². The van der Waals surface area contributed by atoms with Gasteiger partial charge in [-0.1, -0.05) is 0 Å². The second-order valence-electron chi connectivity index (χ2n) is 4.13. The summed E-state index contributed by atoms with van der Waals surface area (Å²) in [4.78, 5) is 0. The molecular formula is C13H19NO3. The van der Waals surface area contributed by atoms with Crippen LogP contribution in [-0.4, -0.2) is 26.4 Å². The van der Waals surface area contributed by atoms with E-state index in [1.807, 2.05) is 18.2 Å². The highest BCUT2D eigenvalue weighted by Gasteiger charge is 2.16. The smallest absolute Gasteiger partial charge is 0.124 e. The normalized spacial score (nSPS) is 20.0. The van der Waals surface area contributed by atoms with Crippen molar-refractivity contribution in [2.24, 2.45) is 5.73 Å². The molecular weight excluding hydrogens is 218 g/mol. The van der Waals surface area contributed by atoms with Crippen molar-refractivity contribution in [1.29, 1.82) is 0 Å². The van der Waals surface area contributed by atoms with E-state index in [9.17, 15) is 0 Å². The summed E-state index contributed by atoms with van der Waals surface area (Å²) < 4.78 is 16.5. The largest absolute Gasteiger partial charge is 0.497 e. The van der Waals surface area contributed by atoms with E-state index in [1.165, 1.54) is 0 Å². The molecule has 1 heterocycles. The van der Waals surface area contributed by atoms with Gasteiger partial charge in [-0.2, -0.15) is 0 Å². The van der Waals surface area contributed by atoms with Crippen LogP contribution in [0.25, 0.3) is 0 Å². The Hall–Kier alpha value is -1.26.